The summed E-state index contributed by atoms with van der Waals surface area (Å²) in [5, 5.41) is 7.25. The van der Waals surface area contributed by atoms with Gasteiger partial charge in [0.1, 0.15) is 0 Å². The van der Waals surface area contributed by atoms with E-state index in [2.05, 4.69) is 19.9 Å². The fraction of sp³-hybridized carbons (Fsp3) is 0.364. The largest absolute Gasteiger partial charge is 0.387 e. The first-order valence-electron chi connectivity index (χ1n) is 4.52. The highest BCUT2D eigenvalue weighted by atomic mass is 14.7. The van der Waals surface area contributed by atoms with E-state index >= 15 is 0 Å². The molecule has 0 bridgehead atoms. The third-order valence-corrected chi connectivity index (χ3v) is 2.06. The molecule has 0 amide bonds. The molecule has 0 aliphatic rings. The molecule has 0 heterocycles. The monoisotopic (exact) mass is 176 g/mol. The van der Waals surface area contributed by atoms with E-state index in [1.165, 1.54) is 11.1 Å². The normalized spacial score (nSPS) is 10.4. The van der Waals surface area contributed by atoms with Crippen LogP contribution in [0.4, 0.5) is 0 Å². The SMILES string of the molecule is CC(C)c1ccccc1CC(=N)N. The van der Waals surface area contributed by atoms with E-state index in [1.54, 1.807) is 0 Å². The lowest BCUT2D eigenvalue weighted by Crippen LogP contribution is -2.14. The van der Waals surface area contributed by atoms with Gasteiger partial charge in [-0.25, -0.2) is 0 Å². The van der Waals surface area contributed by atoms with Crippen LogP contribution in [-0.2, 0) is 6.42 Å². The summed E-state index contributed by atoms with van der Waals surface area (Å²) in [6.45, 7) is 4.30. The zero-order valence-electron chi connectivity index (χ0n) is 8.17. The molecule has 0 saturated carbocycles. The first kappa shape index (κ1) is 9.78. The minimum atomic E-state index is 0.230. The van der Waals surface area contributed by atoms with Gasteiger partial charge in [-0.1, -0.05) is 38.1 Å². The summed E-state index contributed by atoms with van der Waals surface area (Å²) >= 11 is 0. The van der Waals surface area contributed by atoms with Crippen LogP contribution < -0.4 is 5.73 Å². The molecule has 0 spiro atoms. The summed E-state index contributed by atoms with van der Waals surface area (Å²) < 4.78 is 0. The van der Waals surface area contributed by atoms with E-state index in [0.717, 1.165) is 0 Å². The number of nitrogens with two attached hydrogens (primary N) is 1. The molecule has 0 radical (unpaired) electrons. The molecule has 1 rings (SSSR count). The standard InChI is InChI=1S/C11H16N2/c1-8(2)10-6-4-3-5-9(10)7-11(12)13/h3-6,8H,7H2,1-2H3,(H3,12,13). The molecular formula is C11H16N2. The molecule has 0 unspecified atom stereocenters. The Labute approximate surface area is 79.3 Å². The Kier molecular flexibility index (Phi) is 3.07. The van der Waals surface area contributed by atoms with Gasteiger partial charge >= 0.3 is 0 Å². The number of benzene rings is 1. The van der Waals surface area contributed by atoms with Crippen molar-refractivity contribution >= 4 is 5.84 Å². The Balaban J connectivity index is 2.97. The van der Waals surface area contributed by atoms with Crippen molar-refractivity contribution in [3.8, 4) is 0 Å². The lowest BCUT2D eigenvalue weighted by Gasteiger charge is -2.11. The molecule has 0 aliphatic carbocycles. The number of hydrogen-bond acceptors (Lipinski definition) is 1. The third kappa shape index (κ3) is 2.58. The van der Waals surface area contributed by atoms with Crippen molar-refractivity contribution in [1.82, 2.24) is 0 Å². The maximum Gasteiger partial charge on any atom is 0.0950 e. The number of amidine groups is 1. The van der Waals surface area contributed by atoms with Gasteiger partial charge in [-0.05, 0) is 17.0 Å². The molecule has 3 N–H and O–H groups in total. The van der Waals surface area contributed by atoms with Crippen LogP contribution >= 0.6 is 0 Å². The highest BCUT2D eigenvalue weighted by molar-refractivity contribution is 5.79. The molecule has 2 nitrogen and oxygen atoms in total. The topological polar surface area (TPSA) is 49.9 Å². The summed E-state index contributed by atoms with van der Waals surface area (Å²) in [5.74, 6) is 0.726. The summed E-state index contributed by atoms with van der Waals surface area (Å²) in [7, 11) is 0. The average molecular weight is 176 g/mol. The summed E-state index contributed by atoms with van der Waals surface area (Å²) in [5.41, 5.74) is 7.84. The van der Waals surface area contributed by atoms with E-state index in [9.17, 15) is 0 Å². The molecule has 0 aliphatic heterocycles. The van der Waals surface area contributed by atoms with E-state index in [4.69, 9.17) is 11.1 Å². The fourth-order valence-electron chi connectivity index (χ4n) is 1.46. The predicted octanol–water partition coefficient (Wildman–Crippen LogP) is 2.29. The van der Waals surface area contributed by atoms with E-state index < -0.39 is 0 Å². The number of nitrogens with one attached hydrogen (secondary N) is 1. The minimum Gasteiger partial charge on any atom is -0.387 e. The summed E-state index contributed by atoms with van der Waals surface area (Å²) in [6.07, 6.45) is 0.564. The molecule has 0 atom stereocenters. The van der Waals surface area contributed by atoms with Crippen LogP contribution in [0.2, 0.25) is 0 Å². The highest BCUT2D eigenvalue weighted by Gasteiger charge is 2.05. The molecule has 1 aromatic carbocycles. The molecule has 0 aromatic heterocycles. The second-order valence-electron chi connectivity index (χ2n) is 3.56. The Morgan fingerprint density at radius 1 is 1.38 bits per heavy atom. The van der Waals surface area contributed by atoms with Crippen molar-refractivity contribution in [2.45, 2.75) is 26.2 Å². The molecule has 0 fully saturated rings. The summed E-state index contributed by atoms with van der Waals surface area (Å²) in [4.78, 5) is 0. The van der Waals surface area contributed by atoms with Crippen LogP contribution in [0.5, 0.6) is 0 Å². The molecular weight excluding hydrogens is 160 g/mol. The van der Waals surface area contributed by atoms with Gasteiger partial charge < -0.3 is 5.73 Å². The number of hydrogen-bond donors (Lipinski definition) is 2. The van der Waals surface area contributed by atoms with Crippen molar-refractivity contribution < 1.29 is 0 Å². The lowest BCUT2D eigenvalue weighted by molar-refractivity contribution is 0.852. The zero-order chi connectivity index (χ0) is 9.84. The second-order valence-corrected chi connectivity index (χ2v) is 3.56. The highest BCUT2D eigenvalue weighted by Crippen LogP contribution is 2.19. The average Bonchev–Trinajstić information content (AvgIpc) is 2.03. The molecule has 2 heteroatoms. The van der Waals surface area contributed by atoms with Gasteiger partial charge in [0.15, 0.2) is 0 Å². The summed E-state index contributed by atoms with van der Waals surface area (Å²) in [6, 6.07) is 8.16. The molecule has 1 aromatic rings. The van der Waals surface area contributed by atoms with Crippen LogP contribution in [0.25, 0.3) is 0 Å². The Hall–Kier alpha value is -1.31. The Morgan fingerprint density at radius 3 is 2.54 bits per heavy atom. The van der Waals surface area contributed by atoms with Crippen molar-refractivity contribution in [2.75, 3.05) is 0 Å². The smallest absolute Gasteiger partial charge is 0.0950 e. The Bertz CT molecular complexity index is 303. The van der Waals surface area contributed by atoms with Gasteiger partial charge in [-0.15, -0.1) is 0 Å². The zero-order valence-corrected chi connectivity index (χ0v) is 8.17. The minimum absolute atomic E-state index is 0.230. The predicted molar refractivity (Wildman–Crippen MR) is 56.1 cm³/mol. The van der Waals surface area contributed by atoms with Crippen LogP contribution in [0.15, 0.2) is 24.3 Å². The van der Waals surface area contributed by atoms with Crippen LogP contribution in [0.3, 0.4) is 0 Å². The van der Waals surface area contributed by atoms with Crippen molar-refractivity contribution in [1.29, 1.82) is 5.41 Å². The maximum absolute atomic E-state index is 7.25. The van der Waals surface area contributed by atoms with Crippen LogP contribution in [0, 0.1) is 5.41 Å². The second kappa shape index (κ2) is 4.08. The van der Waals surface area contributed by atoms with E-state index in [0.29, 0.717) is 12.3 Å². The third-order valence-electron chi connectivity index (χ3n) is 2.06. The Morgan fingerprint density at radius 2 is 2.00 bits per heavy atom. The van der Waals surface area contributed by atoms with Gasteiger partial charge in [-0.3, -0.25) is 5.41 Å². The van der Waals surface area contributed by atoms with E-state index in [1.807, 2.05) is 18.2 Å². The fourth-order valence-corrected chi connectivity index (χ4v) is 1.46. The van der Waals surface area contributed by atoms with Gasteiger partial charge in [0, 0.05) is 6.42 Å². The quantitative estimate of drug-likeness (QED) is 0.538. The van der Waals surface area contributed by atoms with Gasteiger partial charge in [0.05, 0.1) is 5.84 Å². The maximum atomic E-state index is 7.25. The number of rotatable bonds is 3. The molecule has 13 heavy (non-hydrogen) atoms. The lowest BCUT2D eigenvalue weighted by atomic mass is 9.95. The van der Waals surface area contributed by atoms with E-state index in [-0.39, 0.29) is 5.84 Å². The van der Waals surface area contributed by atoms with Crippen molar-refractivity contribution in [3.05, 3.63) is 35.4 Å². The first-order valence-corrected chi connectivity index (χ1v) is 4.52. The van der Waals surface area contributed by atoms with Crippen molar-refractivity contribution in [2.24, 2.45) is 5.73 Å². The first-order chi connectivity index (χ1) is 6.11. The molecule has 0 saturated heterocycles. The van der Waals surface area contributed by atoms with Crippen LogP contribution in [-0.4, -0.2) is 5.84 Å². The van der Waals surface area contributed by atoms with Crippen molar-refractivity contribution in [3.63, 3.8) is 0 Å². The van der Waals surface area contributed by atoms with Gasteiger partial charge in [0.25, 0.3) is 0 Å². The van der Waals surface area contributed by atoms with Gasteiger partial charge in [-0.2, -0.15) is 0 Å². The molecule has 70 valence electrons. The van der Waals surface area contributed by atoms with Gasteiger partial charge in [0.2, 0.25) is 0 Å². The van der Waals surface area contributed by atoms with Crippen LogP contribution in [0.1, 0.15) is 30.9 Å².